The second kappa shape index (κ2) is 7.31. The van der Waals surface area contributed by atoms with Crippen LogP contribution in [0.15, 0.2) is 0 Å². The summed E-state index contributed by atoms with van der Waals surface area (Å²) in [5.74, 6) is 1.82. The van der Waals surface area contributed by atoms with Gasteiger partial charge in [-0.2, -0.15) is 0 Å². The standard InChI is InChI=1S/C14H26/c1-3-5-7-13-9-11-14(12-10-13)8-6-4-2/h9,12-14H,3-8,10-11H2,1-2H3. The molecule has 0 amide bonds. The Hall–Kier alpha value is 0. The van der Waals surface area contributed by atoms with Crippen molar-refractivity contribution < 1.29 is 0 Å². The average Bonchev–Trinajstić information content (AvgIpc) is 2.25. The lowest BCUT2D eigenvalue weighted by Gasteiger charge is -2.27. The maximum absolute atomic E-state index is 2.59. The van der Waals surface area contributed by atoms with Crippen LogP contribution in [-0.4, -0.2) is 0 Å². The van der Waals surface area contributed by atoms with Gasteiger partial charge in [-0.25, -0.2) is 0 Å². The number of unbranched alkanes of at least 4 members (excludes halogenated alkanes) is 2. The zero-order valence-corrected chi connectivity index (χ0v) is 9.97. The van der Waals surface area contributed by atoms with Crippen LogP contribution in [0, 0.1) is 24.7 Å². The summed E-state index contributed by atoms with van der Waals surface area (Å²) in [7, 11) is 0. The molecule has 14 heavy (non-hydrogen) atoms. The fraction of sp³-hybridized carbons (Fsp3) is 0.857. The molecule has 0 heterocycles. The minimum atomic E-state index is 0.910. The third-order valence-electron chi connectivity index (χ3n) is 3.40. The first kappa shape index (κ1) is 12.1. The fourth-order valence-electron chi connectivity index (χ4n) is 2.33. The SMILES string of the molecule is CCCCC1[CH]CC(CCCC)[CH]C1. The van der Waals surface area contributed by atoms with E-state index in [9.17, 15) is 0 Å². The van der Waals surface area contributed by atoms with Crippen LogP contribution < -0.4 is 0 Å². The largest absolute Gasteiger partial charge is 0.0654 e. The first-order valence-corrected chi connectivity index (χ1v) is 6.53. The second-order valence-corrected chi connectivity index (χ2v) is 4.75. The molecule has 1 fully saturated rings. The minimum absolute atomic E-state index is 0.910. The van der Waals surface area contributed by atoms with E-state index in [0.29, 0.717) is 0 Å². The van der Waals surface area contributed by atoms with Crippen LogP contribution in [0.5, 0.6) is 0 Å². The molecule has 0 nitrogen and oxygen atoms in total. The fourth-order valence-corrected chi connectivity index (χ4v) is 2.33. The predicted octanol–water partition coefficient (Wildman–Crippen LogP) is 4.80. The molecular weight excluding hydrogens is 168 g/mol. The molecule has 1 aliphatic carbocycles. The lowest BCUT2D eigenvalue weighted by molar-refractivity contribution is 0.379. The molecule has 0 spiro atoms. The number of hydrogen-bond donors (Lipinski definition) is 0. The average molecular weight is 194 g/mol. The van der Waals surface area contributed by atoms with Crippen LogP contribution in [0.4, 0.5) is 0 Å². The van der Waals surface area contributed by atoms with Gasteiger partial charge in [0.15, 0.2) is 0 Å². The van der Waals surface area contributed by atoms with E-state index in [1.54, 1.807) is 0 Å². The summed E-state index contributed by atoms with van der Waals surface area (Å²) >= 11 is 0. The van der Waals surface area contributed by atoms with Gasteiger partial charge in [-0.15, -0.1) is 0 Å². The molecule has 2 unspecified atom stereocenters. The normalized spacial score (nSPS) is 27.9. The first-order chi connectivity index (χ1) is 6.86. The summed E-state index contributed by atoms with van der Waals surface area (Å²) in [5.41, 5.74) is 0. The molecule has 0 saturated heterocycles. The lowest BCUT2D eigenvalue weighted by Crippen LogP contribution is -2.15. The Labute approximate surface area is 90.5 Å². The molecule has 0 N–H and O–H groups in total. The van der Waals surface area contributed by atoms with Crippen molar-refractivity contribution in [1.82, 2.24) is 0 Å². The van der Waals surface area contributed by atoms with E-state index >= 15 is 0 Å². The molecule has 2 atom stereocenters. The van der Waals surface area contributed by atoms with Crippen LogP contribution in [0.1, 0.15) is 65.2 Å². The molecule has 0 aliphatic heterocycles. The van der Waals surface area contributed by atoms with E-state index in [4.69, 9.17) is 0 Å². The molecule has 1 rings (SSSR count). The van der Waals surface area contributed by atoms with Gasteiger partial charge in [-0.05, 0) is 37.5 Å². The van der Waals surface area contributed by atoms with Crippen molar-refractivity contribution in [3.63, 3.8) is 0 Å². The second-order valence-electron chi connectivity index (χ2n) is 4.75. The highest BCUT2D eigenvalue weighted by Crippen LogP contribution is 2.32. The summed E-state index contributed by atoms with van der Waals surface area (Å²) in [6.45, 7) is 4.58. The molecular formula is C14H26. The van der Waals surface area contributed by atoms with Crippen LogP contribution in [0.25, 0.3) is 0 Å². The highest BCUT2D eigenvalue weighted by molar-refractivity contribution is 4.94. The summed E-state index contributed by atoms with van der Waals surface area (Å²) in [4.78, 5) is 0. The van der Waals surface area contributed by atoms with E-state index in [1.165, 1.54) is 51.4 Å². The maximum Gasteiger partial charge on any atom is -0.0352 e. The maximum atomic E-state index is 2.59. The van der Waals surface area contributed by atoms with Gasteiger partial charge < -0.3 is 0 Å². The first-order valence-electron chi connectivity index (χ1n) is 6.53. The highest BCUT2D eigenvalue weighted by atomic mass is 14.3. The lowest BCUT2D eigenvalue weighted by atomic mass is 9.78. The topological polar surface area (TPSA) is 0 Å². The van der Waals surface area contributed by atoms with Crippen molar-refractivity contribution in [3.05, 3.63) is 12.8 Å². The summed E-state index contributed by atoms with van der Waals surface area (Å²) in [5, 5.41) is 0. The predicted molar refractivity (Wildman–Crippen MR) is 63.9 cm³/mol. The van der Waals surface area contributed by atoms with Crippen molar-refractivity contribution in [3.8, 4) is 0 Å². The number of rotatable bonds is 6. The van der Waals surface area contributed by atoms with Gasteiger partial charge in [0.25, 0.3) is 0 Å². The highest BCUT2D eigenvalue weighted by Gasteiger charge is 2.20. The van der Waals surface area contributed by atoms with Crippen LogP contribution in [0.2, 0.25) is 0 Å². The number of hydrogen-bond acceptors (Lipinski definition) is 0. The van der Waals surface area contributed by atoms with E-state index < -0.39 is 0 Å². The monoisotopic (exact) mass is 194 g/mol. The third kappa shape index (κ3) is 4.48. The summed E-state index contributed by atoms with van der Waals surface area (Å²) in [6.07, 6.45) is 16.3. The molecule has 1 saturated carbocycles. The molecule has 0 aromatic carbocycles. The Kier molecular flexibility index (Phi) is 6.31. The molecule has 0 heteroatoms. The molecule has 0 aromatic heterocycles. The Bertz CT molecular complexity index is 104. The van der Waals surface area contributed by atoms with Gasteiger partial charge >= 0.3 is 0 Å². The molecule has 1 aliphatic rings. The van der Waals surface area contributed by atoms with Gasteiger partial charge in [0.2, 0.25) is 0 Å². The minimum Gasteiger partial charge on any atom is -0.0654 e. The van der Waals surface area contributed by atoms with Gasteiger partial charge in [-0.1, -0.05) is 52.4 Å². The third-order valence-corrected chi connectivity index (χ3v) is 3.40. The van der Waals surface area contributed by atoms with Crippen LogP contribution in [-0.2, 0) is 0 Å². The Morgan fingerprint density at radius 1 is 0.857 bits per heavy atom. The van der Waals surface area contributed by atoms with Gasteiger partial charge in [0.05, 0.1) is 0 Å². The van der Waals surface area contributed by atoms with E-state index in [-0.39, 0.29) is 0 Å². The van der Waals surface area contributed by atoms with E-state index in [2.05, 4.69) is 26.7 Å². The molecule has 2 radical (unpaired) electrons. The van der Waals surface area contributed by atoms with Crippen molar-refractivity contribution in [2.75, 3.05) is 0 Å². The van der Waals surface area contributed by atoms with Crippen LogP contribution >= 0.6 is 0 Å². The van der Waals surface area contributed by atoms with Crippen molar-refractivity contribution >= 4 is 0 Å². The van der Waals surface area contributed by atoms with Gasteiger partial charge in [0.1, 0.15) is 0 Å². The Balaban J connectivity index is 2.05. The molecule has 82 valence electrons. The van der Waals surface area contributed by atoms with Gasteiger partial charge in [-0.3, -0.25) is 0 Å². The molecule has 0 bridgehead atoms. The zero-order chi connectivity index (χ0) is 10.2. The van der Waals surface area contributed by atoms with Gasteiger partial charge in [0, 0.05) is 0 Å². The van der Waals surface area contributed by atoms with Crippen molar-refractivity contribution in [1.29, 1.82) is 0 Å². The van der Waals surface area contributed by atoms with Crippen molar-refractivity contribution in [2.45, 2.75) is 65.2 Å². The van der Waals surface area contributed by atoms with Crippen molar-refractivity contribution in [2.24, 2.45) is 11.8 Å². The summed E-state index contributed by atoms with van der Waals surface area (Å²) < 4.78 is 0. The smallest absolute Gasteiger partial charge is 0.0352 e. The Morgan fingerprint density at radius 2 is 1.29 bits per heavy atom. The van der Waals surface area contributed by atoms with Crippen LogP contribution in [0.3, 0.4) is 0 Å². The molecule has 0 aromatic rings. The zero-order valence-electron chi connectivity index (χ0n) is 9.97. The summed E-state index contributed by atoms with van der Waals surface area (Å²) in [6, 6.07) is 0. The van der Waals surface area contributed by atoms with E-state index in [1.807, 2.05) is 0 Å². The van der Waals surface area contributed by atoms with E-state index in [0.717, 1.165) is 11.8 Å². The quantitative estimate of drug-likeness (QED) is 0.569. The Morgan fingerprint density at radius 3 is 1.57 bits per heavy atom.